The Morgan fingerprint density at radius 3 is 3.00 bits per heavy atom. The zero-order valence-corrected chi connectivity index (χ0v) is 9.61. The van der Waals surface area contributed by atoms with Crippen molar-refractivity contribution in [1.29, 1.82) is 0 Å². The molecule has 0 spiro atoms. The zero-order chi connectivity index (χ0) is 11.3. The van der Waals surface area contributed by atoms with E-state index in [1.807, 2.05) is 12.1 Å². The van der Waals surface area contributed by atoms with E-state index < -0.39 is 6.03 Å². The standard InChI is InChI=1S/C9H10BrN3O2/c1-15-7-2-3-8(10)6(4-7)5-12-13-9(11)14/h2-5H,1H3,(H3,11,13,14)/b12-5-. The first-order valence-corrected chi connectivity index (χ1v) is 4.85. The predicted molar refractivity (Wildman–Crippen MR) is 61.0 cm³/mol. The minimum Gasteiger partial charge on any atom is -0.497 e. The third-order valence-electron chi connectivity index (χ3n) is 1.58. The van der Waals surface area contributed by atoms with E-state index in [1.54, 1.807) is 13.2 Å². The Morgan fingerprint density at radius 1 is 1.67 bits per heavy atom. The normalized spacial score (nSPS) is 10.3. The highest BCUT2D eigenvalue weighted by atomic mass is 79.9. The van der Waals surface area contributed by atoms with Gasteiger partial charge in [-0.1, -0.05) is 15.9 Å². The second-order valence-electron chi connectivity index (χ2n) is 2.62. The van der Waals surface area contributed by atoms with E-state index in [4.69, 9.17) is 10.5 Å². The van der Waals surface area contributed by atoms with Crippen molar-refractivity contribution in [1.82, 2.24) is 5.43 Å². The van der Waals surface area contributed by atoms with Crippen LogP contribution in [0.3, 0.4) is 0 Å². The Balaban J connectivity index is 2.83. The van der Waals surface area contributed by atoms with Crippen LogP contribution in [0.4, 0.5) is 4.79 Å². The Hall–Kier alpha value is -1.56. The Labute approximate surface area is 95.4 Å². The average molecular weight is 272 g/mol. The summed E-state index contributed by atoms with van der Waals surface area (Å²) in [5, 5.41) is 3.64. The van der Waals surface area contributed by atoms with E-state index in [-0.39, 0.29) is 0 Å². The highest BCUT2D eigenvalue weighted by Crippen LogP contribution is 2.20. The van der Waals surface area contributed by atoms with E-state index in [9.17, 15) is 4.79 Å². The van der Waals surface area contributed by atoms with Crippen molar-refractivity contribution in [2.24, 2.45) is 10.8 Å². The number of ether oxygens (including phenoxy) is 1. The Kier molecular flexibility index (Phi) is 4.11. The van der Waals surface area contributed by atoms with E-state index >= 15 is 0 Å². The lowest BCUT2D eigenvalue weighted by atomic mass is 10.2. The van der Waals surface area contributed by atoms with Crippen LogP contribution in [-0.4, -0.2) is 19.4 Å². The zero-order valence-electron chi connectivity index (χ0n) is 8.03. The second kappa shape index (κ2) is 5.35. The molecule has 0 radical (unpaired) electrons. The summed E-state index contributed by atoms with van der Waals surface area (Å²) in [6.07, 6.45) is 1.47. The smallest absolute Gasteiger partial charge is 0.332 e. The van der Waals surface area contributed by atoms with Crippen LogP contribution in [-0.2, 0) is 0 Å². The molecule has 15 heavy (non-hydrogen) atoms. The van der Waals surface area contributed by atoms with Gasteiger partial charge in [-0.3, -0.25) is 0 Å². The van der Waals surface area contributed by atoms with Crippen LogP contribution in [0.15, 0.2) is 27.8 Å². The molecule has 5 nitrogen and oxygen atoms in total. The number of hydrogen-bond donors (Lipinski definition) is 2. The van der Waals surface area contributed by atoms with Gasteiger partial charge in [0, 0.05) is 10.0 Å². The van der Waals surface area contributed by atoms with Gasteiger partial charge in [-0.2, -0.15) is 5.10 Å². The summed E-state index contributed by atoms with van der Waals surface area (Å²) in [6, 6.07) is 4.70. The van der Waals surface area contributed by atoms with Crippen LogP contribution in [0.5, 0.6) is 5.75 Å². The summed E-state index contributed by atoms with van der Waals surface area (Å²) in [5.74, 6) is 0.707. The van der Waals surface area contributed by atoms with E-state index in [0.717, 1.165) is 10.0 Å². The molecule has 0 bridgehead atoms. The second-order valence-corrected chi connectivity index (χ2v) is 3.48. The lowest BCUT2D eigenvalue weighted by Gasteiger charge is -2.02. The van der Waals surface area contributed by atoms with E-state index in [2.05, 4.69) is 26.5 Å². The van der Waals surface area contributed by atoms with Gasteiger partial charge in [-0.15, -0.1) is 0 Å². The number of hydrazone groups is 1. The maximum Gasteiger partial charge on any atom is 0.332 e. The molecule has 3 N–H and O–H groups in total. The van der Waals surface area contributed by atoms with Gasteiger partial charge in [0.05, 0.1) is 13.3 Å². The summed E-state index contributed by atoms with van der Waals surface area (Å²) in [7, 11) is 1.58. The molecule has 0 aliphatic heterocycles. The van der Waals surface area contributed by atoms with Gasteiger partial charge in [0.1, 0.15) is 5.75 Å². The first-order chi connectivity index (χ1) is 7.13. The number of halogens is 1. The molecule has 0 fully saturated rings. The number of nitrogens with zero attached hydrogens (tertiary/aromatic N) is 1. The molecular formula is C9H10BrN3O2. The number of rotatable bonds is 3. The number of primary amides is 1. The molecule has 0 aliphatic carbocycles. The predicted octanol–water partition coefficient (Wildman–Crippen LogP) is 1.46. The molecule has 0 aliphatic rings. The van der Waals surface area contributed by atoms with Gasteiger partial charge >= 0.3 is 6.03 Å². The quantitative estimate of drug-likeness (QED) is 0.645. The fraction of sp³-hybridized carbons (Fsp3) is 0.111. The van der Waals surface area contributed by atoms with Crippen LogP contribution in [0.1, 0.15) is 5.56 Å². The van der Waals surface area contributed by atoms with Crippen molar-refractivity contribution in [2.75, 3.05) is 7.11 Å². The third-order valence-corrected chi connectivity index (χ3v) is 2.30. The average Bonchev–Trinajstić information content (AvgIpc) is 2.20. The largest absolute Gasteiger partial charge is 0.497 e. The summed E-state index contributed by atoms with van der Waals surface area (Å²) in [6.45, 7) is 0. The van der Waals surface area contributed by atoms with Gasteiger partial charge in [-0.05, 0) is 18.2 Å². The number of methoxy groups -OCH3 is 1. The lowest BCUT2D eigenvalue weighted by molar-refractivity contribution is 0.249. The number of benzene rings is 1. The summed E-state index contributed by atoms with van der Waals surface area (Å²) in [4.78, 5) is 10.4. The summed E-state index contributed by atoms with van der Waals surface area (Å²) < 4.78 is 5.89. The van der Waals surface area contributed by atoms with Crippen molar-refractivity contribution in [3.05, 3.63) is 28.2 Å². The van der Waals surface area contributed by atoms with Crippen LogP contribution >= 0.6 is 15.9 Å². The maximum absolute atomic E-state index is 10.4. The first-order valence-electron chi connectivity index (χ1n) is 4.05. The van der Waals surface area contributed by atoms with Crippen molar-refractivity contribution >= 4 is 28.2 Å². The number of urea groups is 1. The number of nitrogens with one attached hydrogen (secondary N) is 1. The van der Waals surface area contributed by atoms with Crippen LogP contribution in [0.25, 0.3) is 0 Å². The fourth-order valence-electron chi connectivity index (χ4n) is 0.913. The number of hydrogen-bond acceptors (Lipinski definition) is 3. The van der Waals surface area contributed by atoms with Gasteiger partial charge in [-0.25, -0.2) is 10.2 Å². The number of amides is 2. The molecule has 0 unspecified atom stereocenters. The van der Waals surface area contributed by atoms with E-state index in [0.29, 0.717) is 5.75 Å². The molecule has 0 atom stereocenters. The number of carbonyl (C=O) groups is 1. The molecule has 0 heterocycles. The number of nitrogens with two attached hydrogens (primary N) is 1. The van der Waals surface area contributed by atoms with Crippen LogP contribution in [0, 0.1) is 0 Å². The summed E-state index contributed by atoms with van der Waals surface area (Å²) in [5.41, 5.74) is 7.74. The molecular weight excluding hydrogens is 262 g/mol. The molecule has 1 aromatic rings. The molecule has 0 saturated heterocycles. The van der Waals surface area contributed by atoms with Crippen molar-refractivity contribution < 1.29 is 9.53 Å². The topological polar surface area (TPSA) is 76.7 Å². The molecule has 0 saturated carbocycles. The van der Waals surface area contributed by atoms with Crippen molar-refractivity contribution in [3.63, 3.8) is 0 Å². The van der Waals surface area contributed by atoms with Crippen LogP contribution < -0.4 is 15.9 Å². The van der Waals surface area contributed by atoms with Gasteiger partial charge in [0.25, 0.3) is 0 Å². The van der Waals surface area contributed by atoms with Crippen molar-refractivity contribution in [3.8, 4) is 5.75 Å². The van der Waals surface area contributed by atoms with E-state index in [1.165, 1.54) is 6.21 Å². The lowest BCUT2D eigenvalue weighted by Crippen LogP contribution is -2.24. The van der Waals surface area contributed by atoms with Gasteiger partial charge in [0.15, 0.2) is 0 Å². The molecule has 80 valence electrons. The highest BCUT2D eigenvalue weighted by Gasteiger charge is 1.99. The Bertz CT molecular complexity index is 393. The summed E-state index contributed by atoms with van der Waals surface area (Å²) >= 11 is 3.34. The molecule has 2 amide bonds. The van der Waals surface area contributed by atoms with Gasteiger partial charge in [0.2, 0.25) is 0 Å². The fourth-order valence-corrected chi connectivity index (χ4v) is 1.26. The minimum absolute atomic E-state index is 0.703. The molecule has 6 heteroatoms. The maximum atomic E-state index is 10.4. The molecule has 1 rings (SSSR count). The first kappa shape index (κ1) is 11.5. The van der Waals surface area contributed by atoms with Crippen LogP contribution in [0.2, 0.25) is 0 Å². The number of carbonyl (C=O) groups excluding carboxylic acids is 1. The SMILES string of the molecule is COc1ccc(Br)c(/C=N\NC(N)=O)c1. The van der Waals surface area contributed by atoms with Crippen molar-refractivity contribution in [2.45, 2.75) is 0 Å². The highest BCUT2D eigenvalue weighted by molar-refractivity contribution is 9.10. The monoisotopic (exact) mass is 271 g/mol. The Morgan fingerprint density at radius 2 is 2.40 bits per heavy atom. The minimum atomic E-state index is -0.703. The molecule has 1 aromatic carbocycles. The molecule has 0 aromatic heterocycles. The third kappa shape index (κ3) is 3.59. The van der Waals surface area contributed by atoms with Gasteiger partial charge < -0.3 is 10.5 Å².